The molecule has 10 heteroatoms. The molecular weight excluding hydrogens is 432 g/mol. The Morgan fingerprint density at radius 1 is 1.31 bits per heavy atom. The summed E-state index contributed by atoms with van der Waals surface area (Å²) >= 11 is 1.47. The number of hydrogen-bond acceptors (Lipinski definition) is 8. The highest BCUT2D eigenvalue weighted by Crippen LogP contribution is 2.17. The number of aromatic nitrogens is 1. The number of nitrogens with one attached hydrogen (secondary N) is 3. The number of hydrogen-bond donors (Lipinski definition) is 4. The maximum Gasteiger partial charge on any atom is 0.408 e. The van der Waals surface area contributed by atoms with Crippen LogP contribution in [0.2, 0.25) is 0 Å². The van der Waals surface area contributed by atoms with Gasteiger partial charge < -0.3 is 20.5 Å². The maximum atomic E-state index is 13.0. The minimum atomic E-state index is -1.40. The number of carbonyl (C=O) groups excluding carboxylic acids is 3. The number of ether oxygens (including phenoxy) is 1. The molecule has 1 aromatic carbocycles. The normalized spacial score (nSPS) is 19.8. The fourth-order valence-corrected chi connectivity index (χ4v) is 4.23. The molecule has 2 amide bonds. The first-order chi connectivity index (χ1) is 15.3. The Balaban J connectivity index is 1.65. The highest BCUT2D eigenvalue weighted by atomic mass is 32.1. The minimum absolute atomic E-state index is 0.0739. The summed E-state index contributed by atoms with van der Waals surface area (Å²) in [5.74, 6) is -1.34. The number of alkyl carbamates (subject to hydrolysis) is 1. The predicted molar refractivity (Wildman–Crippen MR) is 119 cm³/mol. The van der Waals surface area contributed by atoms with Gasteiger partial charge in [-0.2, -0.15) is 0 Å². The number of ketones is 1. The Bertz CT molecular complexity index is 933. The van der Waals surface area contributed by atoms with Crippen molar-refractivity contribution in [3.63, 3.8) is 0 Å². The van der Waals surface area contributed by atoms with Gasteiger partial charge in [0.05, 0.1) is 11.0 Å². The lowest BCUT2D eigenvalue weighted by molar-refractivity contribution is -0.135. The van der Waals surface area contributed by atoms with Gasteiger partial charge in [-0.15, -0.1) is 11.3 Å². The molecule has 2 aromatic rings. The predicted octanol–water partition coefficient (Wildman–Crippen LogP) is 1.15. The average Bonchev–Trinajstić information content (AvgIpc) is 3.21. The lowest BCUT2D eigenvalue weighted by atomic mass is 10.0. The molecule has 0 radical (unpaired) electrons. The van der Waals surface area contributed by atoms with E-state index in [9.17, 15) is 19.5 Å². The molecule has 2 bridgehead atoms. The standard InChI is InChI=1S/C22H28N4O5S/c1-13(2)18(26-22(30)31-12-14-6-4-3-5-7-14)20(28)25-16-10-17-24-11-15(32-17)8-9-23-21(29)19(16)27/h3-7,11,13,16,18,21,23,29H,8-10,12H2,1-2H3,(H,25,28)(H,26,30). The van der Waals surface area contributed by atoms with Gasteiger partial charge in [-0.25, -0.2) is 9.78 Å². The molecule has 1 aliphatic heterocycles. The molecule has 1 aromatic heterocycles. The first-order valence-electron chi connectivity index (χ1n) is 10.5. The van der Waals surface area contributed by atoms with E-state index >= 15 is 0 Å². The Kier molecular flexibility index (Phi) is 8.32. The van der Waals surface area contributed by atoms with E-state index in [4.69, 9.17) is 4.74 Å². The number of benzene rings is 1. The SMILES string of the molecule is CC(C)C(NC(=O)OCc1ccccc1)C(=O)NC1Cc2ncc(s2)CCNC(O)C1=O. The summed E-state index contributed by atoms with van der Waals surface area (Å²) in [5.41, 5.74) is 0.824. The van der Waals surface area contributed by atoms with Crippen LogP contribution in [0.3, 0.4) is 0 Å². The van der Waals surface area contributed by atoms with Gasteiger partial charge in [0.25, 0.3) is 0 Å². The molecule has 0 spiro atoms. The third-order valence-corrected chi connectivity index (χ3v) is 6.13. The van der Waals surface area contributed by atoms with E-state index in [1.807, 2.05) is 30.3 Å². The third-order valence-electron chi connectivity index (χ3n) is 5.05. The van der Waals surface area contributed by atoms with Gasteiger partial charge in [-0.1, -0.05) is 44.2 Å². The van der Waals surface area contributed by atoms with Crippen LogP contribution in [0.15, 0.2) is 36.5 Å². The van der Waals surface area contributed by atoms with Crippen molar-refractivity contribution >= 4 is 29.1 Å². The quantitative estimate of drug-likeness (QED) is 0.509. The van der Waals surface area contributed by atoms with Crippen molar-refractivity contribution in [3.8, 4) is 0 Å². The summed E-state index contributed by atoms with van der Waals surface area (Å²) in [7, 11) is 0. The van der Waals surface area contributed by atoms with Gasteiger partial charge >= 0.3 is 6.09 Å². The van der Waals surface area contributed by atoms with Crippen molar-refractivity contribution in [2.45, 2.75) is 51.6 Å². The third kappa shape index (κ3) is 6.59. The van der Waals surface area contributed by atoms with Crippen LogP contribution >= 0.6 is 11.3 Å². The number of thiazole rings is 1. The zero-order valence-electron chi connectivity index (χ0n) is 18.0. The van der Waals surface area contributed by atoms with E-state index in [-0.39, 0.29) is 18.9 Å². The van der Waals surface area contributed by atoms with E-state index in [2.05, 4.69) is 20.9 Å². The monoisotopic (exact) mass is 460 g/mol. The van der Waals surface area contributed by atoms with Crippen molar-refractivity contribution in [2.75, 3.05) is 6.54 Å². The second kappa shape index (κ2) is 11.2. The van der Waals surface area contributed by atoms with Crippen molar-refractivity contribution < 1.29 is 24.2 Å². The van der Waals surface area contributed by atoms with E-state index in [0.717, 1.165) is 10.4 Å². The molecule has 32 heavy (non-hydrogen) atoms. The zero-order valence-corrected chi connectivity index (χ0v) is 18.9. The summed E-state index contributed by atoms with van der Waals surface area (Å²) < 4.78 is 5.22. The highest BCUT2D eigenvalue weighted by molar-refractivity contribution is 7.11. The summed E-state index contributed by atoms with van der Waals surface area (Å²) in [6, 6.07) is 7.30. The van der Waals surface area contributed by atoms with E-state index in [1.54, 1.807) is 20.0 Å². The van der Waals surface area contributed by atoms with Gasteiger partial charge in [0.1, 0.15) is 12.6 Å². The Morgan fingerprint density at radius 2 is 2.06 bits per heavy atom. The molecule has 0 aliphatic carbocycles. The van der Waals surface area contributed by atoms with Crippen molar-refractivity contribution in [1.82, 2.24) is 20.9 Å². The molecule has 0 saturated carbocycles. The average molecular weight is 461 g/mol. The van der Waals surface area contributed by atoms with Crippen molar-refractivity contribution in [3.05, 3.63) is 52.0 Å². The molecule has 0 saturated heterocycles. The maximum absolute atomic E-state index is 13.0. The fraction of sp³-hybridized carbons (Fsp3) is 0.455. The van der Waals surface area contributed by atoms with Crippen LogP contribution in [0.5, 0.6) is 0 Å². The second-order valence-corrected chi connectivity index (χ2v) is 9.12. The molecule has 9 nitrogen and oxygen atoms in total. The number of aliphatic hydroxyl groups is 1. The number of carbonyl (C=O) groups is 3. The van der Waals surface area contributed by atoms with Crippen molar-refractivity contribution in [1.29, 1.82) is 0 Å². The lowest BCUT2D eigenvalue weighted by Gasteiger charge is -2.26. The zero-order chi connectivity index (χ0) is 23.1. The smallest absolute Gasteiger partial charge is 0.408 e. The summed E-state index contributed by atoms with van der Waals surface area (Å²) in [6.07, 6.45) is 0.432. The van der Waals surface area contributed by atoms with E-state index in [1.165, 1.54) is 11.3 Å². The molecule has 1 aliphatic rings. The van der Waals surface area contributed by atoms with Gasteiger partial charge in [-0.05, 0) is 17.9 Å². The topological polar surface area (TPSA) is 130 Å². The summed E-state index contributed by atoms with van der Waals surface area (Å²) in [4.78, 5) is 43.3. The van der Waals surface area contributed by atoms with Crippen LogP contribution in [0.4, 0.5) is 4.79 Å². The van der Waals surface area contributed by atoms with Gasteiger partial charge in [-0.3, -0.25) is 14.9 Å². The van der Waals surface area contributed by atoms with Crippen LogP contribution in [0, 0.1) is 5.92 Å². The molecule has 172 valence electrons. The summed E-state index contributed by atoms with van der Waals surface area (Å²) in [5, 5.41) is 18.9. The number of aliphatic hydroxyl groups excluding tert-OH is 1. The van der Waals surface area contributed by atoms with Gasteiger partial charge in [0.2, 0.25) is 5.91 Å². The fourth-order valence-electron chi connectivity index (χ4n) is 3.27. The van der Waals surface area contributed by atoms with Gasteiger partial charge in [0.15, 0.2) is 12.0 Å². The molecule has 4 N–H and O–H groups in total. The molecule has 3 atom stereocenters. The number of fused-ring (bicyclic) bond motifs is 2. The van der Waals surface area contributed by atoms with Crippen LogP contribution in [0.1, 0.15) is 29.3 Å². The lowest BCUT2D eigenvalue weighted by Crippen LogP contribution is -2.57. The number of amides is 2. The van der Waals surface area contributed by atoms with Crippen molar-refractivity contribution in [2.24, 2.45) is 5.92 Å². The Labute approximate surface area is 190 Å². The van der Waals surface area contributed by atoms with Gasteiger partial charge in [0, 0.05) is 24.0 Å². The Morgan fingerprint density at radius 3 is 2.78 bits per heavy atom. The number of Topliss-reactive ketones (excluding diaryl/α,β-unsaturated/α-hetero) is 1. The van der Waals surface area contributed by atoms with Crippen LogP contribution in [0.25, 0.3) is 0 Å². The number of nitrogens with zero attached hydrogens (tertiary/aromatic N) is 1. The summed E-state index contributed by atoms with van der Waals surface area (Å²) in [6.45, 7) is 4.05. The van der Waals surface area contributed by atoms with Crippen LogP contribution in [-0.4, -0.2) is 52.7 Å². The van der Waals surface area contributed by atoms with Crippen LogP contribution in [-0.2, 0) is 33.8 Å². The first kappa shape index (κ1) is 23.8. The largest absolute Gasteiger partial charge is 0.445 e. The van der Waals surface area contributed by atoms with E-state index in [0.29, 0.717) is 18.0 Å². The number of rotatable bonds is 6. The molecule has 2 heterocycles. The minimum Gasteiger partial charge on any atom is -0.445 e. The molecule has 0 fully saturated rings. The molecule has 3 rings (SSSR count). The Hall–Kier alpha value is -2.82. The highest BCUT2D eigenvalue weighted by Gasteiger charge is 2.32. The van der Waals surface area contributed by atoms with Crippen LogP contribution < -0.4 is 16.0 Å². The first-order valence-corrected chi connectivity index (χ1v) is 11.3. The second-order valence-electron chi connectivity index (χ2n) is 7.92. The molecule has 3 unspecified atom stereocenters. The van der Waals surface area contributed by atoms with E-state index < -0.39 is 36.1 Å². The molecular formula is C22H28N4O5S.